The van der Waals surface area contributed by atoms with Crippen molar-refractivity contribution in [1.29, 1.82) is 0 Å². The molecule has 9 heteroatoms. The second kappa shape index (κ2) is 10.4. The monoisotopic (exact) mass is 446 g/mol. The summed E-state index contributed by atoms with van der Waals surface area (Å²) in [5.41, 5.74) is 1.27. The van der Waals surface area contributed by atoms with E-state index in [4.69, 9.17) is 0 Å². The van der Waals surface area contributed by atoms with Gasteiger partial charge in [-0.1, -0.05) is 0 Å². The minimum atomic E-state index is -3.10. The Morgan fingerprint density at radius 3 is 2.57 bits per heavy atom. The molecule has 0 radical (unpaired) electrons. The average Bonchev–Trinajstić information content (AvgIpc) is 2.77. The van der Waals surface area contributed by atoms with E-state index < -0.39 is 10.0 Å². The van der Waals surface area contributed by atoms with E-state index >= 15 is 0 Å². The van der Waals surface area contributed by atoms with Crippen molar-refractivity contribution in [2.75, 3.05) is 26.4 Å². The zero-order chi connectivity index (χ0) is 15.0. The normalized spacial score (nSPS) is 11.9. The quantitative estimate of drug-likeness (QED) is 0.255. The number of nitrogens with one attached hydrogen (secondary N) is 3. The molecule has 0 aliphatic heterocycles. The molecule has 1 aromatic rings. The summed E-state index contributed by atoms with van der Waals surface area (Å²) in [5.74, 6) is 0.720. The number of hydrogen-bond donors (Lipinski definition) is 3. The first-order valence-corrected chi connectivity index (χ1v) is 9.11. The molecule has 1 aromatic heterocycles. The van der Waals surface area contributed by atoms with Gasteiger partial charge in [0.1, 0.15) is 0 Å². The highest BCUT2D eigenvalue weighted by molar-refractivity contribution is 14.0. The van der Waals surface area contributed by atoms with Crippen LogP contribution in [-0.4, -0.2) is 40.8 Å². The molecule has 0 bridgehead atoms. The fourth-order valence-corrected chi connectivity index (χ4v) is 2.88. The van der Waals surface area contributed by atoms with Crippen LogP contribution in [0.5, 0.6) is 0 Å². The van der Waals surface area contributed by atoms with Crippen LogP contribution in [0.4, 0.5) is 0 Å². The van der Waals surface area contributed by atoms with Crippen LogP contribution in [0.3, 0.4) is 0 Å². The molecular formula is C12H23IN4O2S2. The van der Waals surface area contributed by atoms with Gasteiger partial charge in [0.2, 0.25) is 10.0 Å². The molecule has 1 rings (SSSR count). The Balaban J connectivity index is 0.00000400. The van der Waals surface area contributed by atoms with Gasteiger partial charge in [0.25, 0.3) is 0 Å². The van der Waals surface area contributed by atoms with Crippen LogP contribution in [0, 0.1) is 6.92 Å². The molecule has 0 aromatic carbocycles. The lowest BCUT2D eigenvalue weighted by Crippen LogP contribution is -2.38. The fraction of sp³-hybridized carbons (Fsp3) is 0.583. The molecule has 0 aliphatic rings. The molecule has 0 atom stereocenters. The topological polar surface area (TPSA) is 82.6 Å². The van der Waals surface area contributed by atoms with Gasteiger partial charge in [-0.05, 0) is 30.4 Å². The molecule has 0 spiro atoms. The minimum Gasteiger partial charge on any atom is -0.356 e. The molecule has 0 saturated heterocycles. The maximum absolute atomic E-state index is 10.9. The summed E-state index contributed by atoms with van der Waals surface area (Å²) < 4.78 is 24.2. The van der Waals surface area contributed by atoms with Gasteiger partial charge in [0.05, 0.1) is 12.8 Å². The third-order valence-electron chi connectivity index (χ3n) is 2.62. The molecule has 0 fully saturated rings. The van der Waals surface area contributed by atoms with E-state index in [0.717, 1.165) is 18.8 Å². The van der Waals surface area contributed by atoms with Gasteiger partial charge in [-0.2, -0.15) is 0 Å². The first kappa shape index (κ1) is 20.6. The van der Waals surface area contributed by atoms with Crippen LogP contribution in [0.2, 0.25) is 0 Å². The lowest BCUT2D eigenvalue weighted by atomic mass is 10.3. The van der Waals surface area contributed by atoms with Crippen molar-refractivity contribution in [1.82, 2.24) is 15.4 Å². The lowest BCUT2D eigenvalue weighted by molar-refractivity contribution is 0.584. The predicted molar refractivity (Wildman–Crippen MR) is 100 cm³/mol. The van der Waals surface area contributed by atoms with E-state index in [0.29, 0.717) is 19.5 Å². The van der Waals surface area contributed by atoms with Crippen LogP contribution >= 0.6 is 35.3 Å². The molecule has 3 N–H and O–H groups in total. The molecule has 0 unspecified atom stereocenters. The molecular weight excluding hydrogens is 423 g/mol. The Morgan fingerprint density at radius 1 is 1.33 bits per heavy atom. The molecule has 122 valence electrons. The lowest BCUT2D eigenvalue weighted by Gasteiger charge is -2.11. The summed E-state index contributed by atoms with van der Waals surface area (Å²) in [7, 11) is -1.38. The highest BCUT2D eigenvalue weighted by atomic mass is 127. The van der Waals surface area contributed by atoms with Crippen LogP contribution in [-0.2, 0) is 16.6 Å². The number of aliphatic imine (C=N–C) groups is 1. The van der Waals surface area contributed by atoms with Gasteiger partial charge in [0, 0.05) is 25.0 Å². The number of thiophene rings is 1. The van der Waals surface area contributed by atoms with Crippen molar-refractivity contribution < 1.29 is 8.42 Å². The largest absolute Gasteiger partial charge is 0.356 e. The SMILES string of the molecule is CN=C(NCCCNS(C)(=O)=O)NCc1sccc1C.I. The molecule has 0 amide bonds. The zero-order valence-electron chi connectivity index (χ0n) is 12.5. The number of halogens is 1. The van der Waals surface area contributed by atoms with Crippen LogP contribution in [0.1, 0.15) is 16.9 Å². The van der Waals surface area contributed by atoms with Gasteiger partial charge < -0.3 is 10.6 Å². The number of hydrogen-bond acceptors (Lipinski definition) is 4. The van der Waals surface area contributed by atoms with Gasteiger partial charge in [-0.3, -0.25) is 4.99 Å². The molecule has 1 heterocycles. The van der Waals surface area contributed by atoms with Gasteiger partial charge >= 0.3 is 0 Å². The first-order valence-electron chi connectivity index (χ1n) is 6.34. The summed E-state index contributed by atoms with van der Waals surface area (Å²) in [6, 6.07) is 2.09. The highest BCUT2D eigenvalue weighted by Crippen LogP contribution is 2.14. The van der Waals surface area contributed by atoms with Crippen molar-refractivity contribution in [3.05, 3.63) is 21.9 Å². The smallest absolute Gasteiger partial charge is 0.208 e. The maximum atomic E-state index is 10.9. The number of guanidine groups is 1. The van der Waals surface area contributed by atoms with E-state index in [-0.39, 0.29) is 24.0 Å². The van der Waals surface area contributed by atoms with Crippen LogP contribution in [0.25, 0.3) is 0 Å². The Morgan fingerprint density at radius 2 is 2.05 bits per heavy atom. The fourth-order valence-electron chi connectivity index (χ4n) is 1.52. The zero-order valence-corrected chi connectivity index (χ0v) is 16.4. The molecule has 0 aliphatic carbocycles. The van der Waals surface area contributed by atoms with E-state index in [1.807, 2.05) is 0 Å². The summed E-state index contributed by atoms with van der Waals surface area (Å²) in [5, 5.41) is 8.45. The number of rotatable bonds is 7. The van der Waals surface area contributed by atoms with Crippen molar-refractivity contribution >= 4 is 51.3 Å². The van der Waals surface area contributed by atoms with Gasteiger partial charge in [-0.25, -0.2) is 13.1 Å². The predicted octanol–water partition coefficient (Wildman–Crippen LogP) is 1.28. The van der Waals surface area contributed by atoms with Crippen molar-refractivity contribution in [2.24, 2.45) is 4.99 Å². The summed E-state index contributed by atoms with van der Waals surface area (Å²) >= 11 is 1.71. The standard InChI is InChI=1S/C12H22N4O2S2.HI/c1-10-5-8-19-11(10)9-15-12(13-2)14-6-4-7-16-20(3,17)18;/h5,8,16H,4,6-7,9H2,1-3H3,(H2,13,14,15);1H. The van der Waals surface area contributed by atoms with Gasteiger partial charge in [0.15, 0.2) is 5.96 Å². The van der Waals surface area contributed by atoms with E-state index in [2.05, 4.69) is 38.7 Å². The van der Waals surface area contributed by atoms with E-state index in [1.165, 1.54) is 10.4 Å². The van der Waals surface area contributed by atoms with Crippen LogP contribution < -0.4 is 15.4 Å². The maximum Gasteiger partial charge on any atom is 0.208 e. The minimum absolute atomic E-state index is 0. The highest BCUT2D eigenvalue weighted by Gasteiger charge is 2.02. The molecule has 6 nitrogen and oxygen atoms in total. The third-order valence-corrected chi connectivity index (χ3v) is 4.37. The summed E-state index contributed by atoms with van der Waals surface area (Å²) in [6.45, 7) is 3.91. The van der Waals surface area contributed by atoms with Crippen molar-refractivity contribution in [2.45, 2.75) is 19.9 Å². The average molecular weight is 446 g/mol. The first-order chi connectivity index (χ1) is 9.42. The number of nitrogens with zero attached hydrogens (tertiary/aromatic N) is 1. The van der Waals surface area contributed by atoms with E-state index in [9.17, 15) is 8.42 Å². The molecule has 21 heavy (non-hydrogen) atoms. The van der Waals surface area contributed by atoms with Crippen LogP contribution in [0.15, 0.2) is 16.4 Å². The Bertz CT molecular complexity index is 543. The number of sulfonamides is 1. The Labute approximate surface area is 147 Å². The van der Waals surface area contributed by atoms with Gasteiger partial charge in [-0.15, -0.1) is 35.3 Å². The Kier molecular flexibility index (Phi) is 10.2. The second-order valence-corrected chi connectivity index (χ2v) is 7.23. The summed E-state index contributed by atoms with van der Waals surface area (Å²) in [4.78, 5) is 5.41. The summed E-state index contributed by atoms with van der Waals surface area (Å²) in [6.07, 6.45) is 1.86. The third kappa shape index (κ3) is 9.27. The van der Waals surface area contributed by atoms with Crippen molar-refractivity contribution in [3.8, 4) is 0 Å². The Hall–Kier alpha value is -0.390. The number of aryl methyl sites for hydroxylation is 1. The van der Waals surface area contributed by atoms with E-state index in [1.54, 1.807) is 18.4 Å². The molecule has 0 saturated carbocycles. The van der Waals surface area contributed by atoms with Crippen molar-refractivity contribution in [3.63, 3.8) is 0 Å². The second-order valence-electron chi connectivity index (χ2n) is 4.40.